The van der Waals surface area contributed by atoms with Crippen molar-refractivity contribution in [2.75, 3.05) is 5.75 Å². The number of aliphatic hydroxyl groups excluding tert-OH is 1. The maximum absolute atomic E-state index is 13.1. The van der Waals surface area contributed by atoms with Gasteiger partial charge in [-0.25, -0.2) is 0 Å². The minimum Gasteiger partial charge on any atom is -0.387 e. The third-order valence-electron chi connectivity index (χ3n) is 5.04. The van der Waals surface area contributed by atoms with Gasteiger partial charge in [0.2, 0.25) is 5.78 Å². The number of hydrogen-bond donors (Lipinski definition) is 1. The van der Waals surface area contributed by atoms with E-state index in [0.717, 1.165) is 11.9 Å². The number of aliphatic hydroxyl groups is 1. The van der Waals surface area contributed by atoms with Gasteiger partial charge in [-0.3, -0.25) is 13.8 Å². The van der Waals surface area contributed by atoms with E-state index in [0.29, 0.717) is 45.1 Å². The number of para-hydroxylation sites is 1. The van der Waals surface area contributed by atoms with Crippen LogP contribution >= 0.6 is 23.4 Å². The van der Waals surface area contributed by atoms with E-state index in [9.17, 15) is 9.90 Å². The Bertz CT molecular complexity index is 1250. The largest absolute Gasteiger partial charge is 0.387 e. The van der Waals surface area contributed by atoms with E-state index in [1.54, 1.807) is 10.6 Å². The molecule has 0 aliphatic rings. The van der Waals surface area contributed by atoms with Crippen molar-refractivity contribution in [1.82, 2.24) is 19.2 Å². The van der Waals surface area contributed by atoms with Gasteiger partial charge in [-0.05, 0) is 36.1 Å². The number of aromatic nitrogens is 4. The molecule has 0 aliphatic carbocycles. The molecular formula is C22H23ClN4O2S. The molecule has 1 N–H and O–H groups in total. The summed E-state index contributed by atoms with van der Waals surface area (Å²) in [5.41, 5.74) is 1.39. The Morgan fingerprint density at radius 2 is 1.83 bits per heavy atom. The molecule has 0 saturated carbocycles. The summed E-state index contributed by atoms with van der Waals surface area (Å²) in [6, 6.07) is 14.7. The molecule has 0 radical (unpaired) electrons. The van der Waals surface area contributed by atoms with Crippen molar-refractivity contribution < 1.29 is 5.11 Å². The van der Waals surface area contributed by atoms with E-state index in [1.165, 1.54) is 11.8 Å². The lowest BCUT2D eigenvalue weighted by Crippen LogP contribution is -2.24. The summed E-state index contributed by atoms with van der Waals surface area (Å²) in [7, 11) is 0. The smallest absolute Gasteiger partial charge is 0.262 e. The molecule has 6 nitrogen and oxygen atoms in total. The molecule has 2 aromatic carbocycles. The van der Waals surface area contributed by atoms with E-state index >= 15 is 0 Å². The highest BCUT2D eigenvalue weighted by Crippen LogP contribution is 2.29. The monoisotopic (exact) mass is 442 g/mol. The Balaban J connectivity index is 1.74. The van der Waals surface area contributed by atoms with Gasteiger partial charge in [0.25, 0.3) is 5.56 Å². The topological polar surface area (TPSA) is 72.4 Å². The van der Waals surface area contributed by atoms with Crippen LogP contribution in [0.15, 0.2) is 58.5 Å². The molecule has 156 valence electrons. The van der Waals surface area contributed by atoms with Gasteiger partial charge in [0, 0.05) is 17.3 Å². The molecule has 0 aliphatic heterocycles. The van der Waals surface area contributed by atoms with Crippen molar-refractivity contribution in [2.24, 2.45) is 5.92 Å². The average molecular weight is 443 g/mol. The van der Waals surface area contributed by atoms with Crippen LogP contribution in [0.2, 0.25) is 5.02 Å². The molecule has 4 aromatic rings. The van der Waals surface area contributed by atoms with E-state index in [2.05, 4.69) is 24.0 Å². The van der Waals surface area contributed by atoms with Crippen LogP contribution < -0.4 is 5.56 Å². The molecule has 1 unspecified atom stereocenters. The Morgan fingerprint density at radius 3 is 2.60 bits per heavy atom. The number of hydrogen-bond acceptors (Lipinski definition) is 5. The van der Waals surface area contributed by atoms with Crippen LogP contribution in [0.3, 0.4) is 0 Å². The van der Waals surface area contributed by atoms with E-state index < -0.39 is 6.10 Å². The van der Waals surface area contributed by atoms with Gasteiger partial charge < -0.3 is 5.11 Å². The summed E-state index contributed by atoms with van der Waals surface area (Å²) >= 11 is 7.60. The number of nitrogens with zero attached hydrogens (tertiary/aromatic N) is 4. The van der Waals surface area contributed by atoms with Crippen molar-refractivity contribution in [3.05, 3.63) is 69.5 Å². The first-order chi connectivity index (χ1) is 14.5. The fourth-order valence-electron chi connectivity index (χ4n) is 3.40. The van der Waals surface area contributed by atoms with Gasteiger partial charge in [-0.1, -0.05) is 67.5 Å². The zero-order chi connectivity index (χ0) is 21.3. The van der Waals surface area contributed by atoms with Gasteiger partial charge >= 0.3 is 0 Å². The first-order valence-electron chi connectivity index (χ1n) is 9.89. The summed E-state index contributed by atoms with van der Waals surface area (Å²) in [6.07, 6.45) is 0.128. The molecule has 0 spiro atoms. The SMILES string of the molecule is CC(C)CCn1c(=O)c2ccccc2n2c(SCC(O)c3ccccc3Cl)nnc12. The fourth-order valence-corrected chi connectivity index (χ4v) is 4.56. The molecule has 30 heavy (non-hydrogen) atoms. The van der Waals surface area contributed by atoms with Crippen LogP contribution in [0.4, 0.5) is 0 Å². The van der Waals surface area contributed by atoms with Crippen LogP contribution in [0.1, 0.15) is 31.9 Å². The predicted molar refractivity (Wildman–Crippen MR) is 121 cm³/mol. The molecular weight excluding hydrogens is 420 g/mol. The lowest BCUT2D eigenvalue weighted by atomic mass is 10.1. The standard InChI is InChI=1S/C22H23ClN4O2S/c1-14(2)11-12-26-20(29)16-8-4-6-10-18(16)27-21(26)24-25-22(27)30-13-19(28)15-7-3-5-9-17(15)23/h3-10,14,19,28H,11-13H2,1-2H3. The number of thioether (sulfide) groups is 1. The molecule has 0 fully saturated rings. The summed E-state index contributed by atoms with van der Waals surface area (Å²) < 4.78 is 3.60. The molecule has 2 aromatic heterocycles. The Labute approximate surface area is 183 Å². The van der Waals surface area contributed by atoms with Crippen molar-refractivity contribution in [3.8, 4) is 0 Å². The highest BCUT2D eigenvalue weighted by Gasteiger charge is 2.19. The summed E-state index contributed by atoms with van der Waals surface area (Å²) in [4.78, 5) is 13.1. The number of fused-ring (bicyclic) bond motifs is 3. The molecule has 2 heterocycles. The van der Waals surface area contributed by atoms with E-state index in [-0.39, 0.29) is 5.56 Å². The van der Waals surface area contributed by atoms with Gasteiger partial charge in [0.15, 0.2) is 5.16 Å². The van der Waals surface area contributed by atoms with Crippen molar-refractivity contribution in [3.63, 3.8) is 0 Å². The summed E-state index contributed by atoms with van der Waals surface area (Å²) in [5, 5.41) is 21.1. The minimum atomic E-state index is -0.742. The maximum Gasteiger partial charge on any atom is 0.262 e. The van der Waals surface area contributed by atoms with Crippen LogP contribution in [0.5, 0.6) is 0 Å². The van der Waals surface area contributed by atoms with E-state index in [4.69, 9.17) is 11.6 Å². The quantitative estimate of drug-likeness (QED) is 0.424. The van der Waals surface area contributed by atoms with Gasteiger partial charge in [-0.15, -0.1) is 10.2 Å². The number of halogens is 1. The highest BCUT2D eigenvalue weighted by atomic mass is 35.5. The van der Waals surface area contributed by atoms with Crippen LogP contribution in [0.25, 0.3) is 16.7 Å². The minimum absolute atomic E-state index is 0.0567. The molecule has 0 saturated heterocycles. The lowest BCUT2D eigenvalue weighted by Gasteiger charge is -2.13. The molecule has 0 bridgehead atoms. The Kier molecular flexibility index (Phi) is 6.13. The second kappa shape index (κ2) is 8.79. The Hall–Kier alpha value is -2.35. The van der Waals surface area contributed by atoms with Gasteiger partial charge in [-0.2, -0.15) is 0 Å². The first kappa shape index (κ1) is 20.9. The first-order valence-corrected chi connectivity index (χ1v) is 11.3. The molecule has 8 heteroatoms. The summed E-state index contributed by atoms with van der Waals surface area (Å²) in [6.45, 7) is 4.84. The Morgan fingerprint density at radius 1 is 1.10 bits per heavy atom. The molecule has 0 amide bonds. The van der Waals surface area contributed by atoms with Crippen molar-refractivity contribution in [2.45, 2.75) is 38.1 Å². The van der Waals surface area contributed by atoms with Crippen LogP contribution in [-0.2, 0) is 6.54 Å². The van der Waals surface area contributed by atoms with Crippen molar-refractivity contribution in [1.29, 1.82) is 0 Å². The van der Waals surface area contributed by atoms with Crippen LogP contribution in [0, 0.1) is 5.92 Å². The number of benzene rings is 2. The zero-order valence-electron chi connectivity index (χ0n) is 16.8. The van der Waals surface area contributed by atoms with Gasteiger partial charge in [0.05, 0.1) is 17.0 Å². The third-order valence-corrected chi connectivity index (χ3v) is 6.39. The predicted octanol–water partition coefficient (Wildman–Crippen LogP) is 4.57. The fraction of sp³-hybridized carbons (Fsp3) is 0.318. The second-order valence-electron chi connectivity index (χ2n) is 7.62. The number of rotatable bonds is 7. The molecule has 1 atom stereocenters. The summed E-state index contributed by atoms with van der Waals surface area (Å²) in [5.74, 6) is 1.35. The van der Waals surface area contributed by atoms with E-state index in [1.807, 2.05) is 46.9 Å². The zero-order valence-corrected chi connectivity index (χ0v) is 18.4. The second-order valence-corrected chi connectivity index (χ2v) is 9.02. The lowest BCUT2D eigenvalue weighted by molar-refractivity contribution is 0.204. The maximum atomic E-state index is 13.1. The van der Waals surface area contributed by atoms with Gasteiger partial charge in [0.1, 0.15) is 0 Å². The third kappa shape index (κ3) is 3.97. The molecule has 4 rings (SSSR count). The normalized spacial score (nSPS) is 12.8. The van der Waals surface area contributed by atoms with Crippen molar-refractivity contribution >= 4 is 40.0 Å². The van der Waals surface area contributed by atoms with Crippen LogP contribution in [-0.4, -0.2) is 30.0 Å². The number of aryl methyl sites for hydroxylation is 1. The highest BCUT2D eigenvalue weighted by molar-refractivity contribution is 7.99. The average Bonchev–Trinajstić information content (AvgIpc) is 3.16.